The lowest BCUT2D eigenvalue weighted by atomic mass is 9.90. The third kappa shape index (κ3) is 4.59. The lowest BCUT2D eigenvalue weighted by Gasteiger charge is -2.15. The van der Waals surface area contributed by atoms with Crippen LogP contribution >= 0.6 is 0 Å². The van der Waals surface area contributed by atoms with E-state index in [1.54, 1.807) is 27.7 Å². The van der Waals surface area contributed by atoms with Crippen LogP contribution in [0.4, 0.5) is 5.69 Å². The normalized spacial score (nSPS) is 12.4. The number of nitro benzene ring substituents is 1. The summed E-state index contributed by atoms with van der Waals surface area (Å²) in [5.74, 6) is -0.689. The van der Waals surface area contributed by atoms with Gasteiger partial charge < -0.3 is 4.18 Å². The highest BCUT2D eigenvalue weighted by Gasteiger charge is 2.31. The van der Waals surface area contributed by atoms with Crippen molar-refractivity contribution in [3.63, 3.8) is 0 Å². The van der Waals surface area contributed by atoms with Gasteiger partial charge in [0.15, 0.2) is 0 Å². The van der Waals surface area contributed by atoms with E-state index in [1.807, 2.05) is 13.8 Å². The second-order valence-electron chi connectivity index (χ2n) is 8.03. The highest BCUT2D eigenvalue weighted by molar-refractivity contribution is 7.87. The van der Waals surface area contributed by atoms with Crippen LogP contribution in [0.2, 0.25) is 0 Å². The van der Waals surface area contributed by atoms with Crippen molar-refractivity contribution in [3.05, 3.63) is 55.8 Å². The Kier molecular flexibility index (Phi) is 7.29. The first-order valence-corrected chi connectivity index (χ1v) is 11.7. The number of nitro groups is 1. The second kappa shape index (κ2) is 9.23. The molecular formula is C22H29N3O6S. The average Bonchev–Trinajstić information content (AvgIpc) is 2.97. The number of benzene rings is 1. The van der Waals surface area contributed by atoms with Gasteiger partial charge in [0.25, 0.3) is 5.69 Å². The van der Waals surface area contributed by atoms with Crippen LogP contribution in [0.1, 0.15) is 73.8 Å². The molecule has 1 heterocycles. The standard InChI is InChI=1S/C22H29N3O6S/c1-9-13(4)32(29,30)31-22-20(16(7)23-24(22)8)21(26)17-10-11-18(25(27)28)19(15(17)6)14(5)12(2)3/h10-11,13H,9H2,1-8H3. The molecule has 2 aromatic rings. The second-order valence-corrected chi connectivity index (χ2v) is 9.98. The van der Waals surface area contributed by atoms with Crippen molar-refractivity contribution in [2.24, 2.45) is 7.05 Å². The van der Waals surface area contributed by atoms with E-state index in [0.717, 1.165) is 5.57 Å². The van der Waals surface area contributed by atoms with Crippen LogP contribution in [0.5, 0.6) is 5.88 Å². The van der Waals surface area contributed by atoms with E-state index in [-0.39, 0.29) is 22.7 Å². The maximum atomic E-state index is 13.6. The van der Waals surface area contributed by atoms with E-state index in [4.69, 9.17) is 4.18 Å². The highest BCUT2D eigenvalue weighted by Crippen LogP contribution is 2.35. The van der Waals surface area contributed by atoms with E-state index < -0.39 is 26.1 Å². The van der Waals surface area contributed by atoms with Crippen LogP contribution in [0.15, 0.2) is 17.7 Å². The number of nitrogens with zero attached hydrogens (tertiary/aromatic N) is 3. The van der Waals surface area contributed by atoms with Gasteiger partial charge >= 0.3 is 10.1 Å². The molecule has 174 valence electrons. The minimum Gasteiger partial charge on any atom is -0.361 e. The number of carbonyl (C=O) groups is 1. The smallest absolute Gasteiger partial charge is 0.313 e. The average molecular weight is 464 g/mol. The van der Waals surface area contributed by atoms with Crippen LogP contribution < -0.4 is 4.18 Å². The van der Waals surface area contributed by atoms with Crippen molar-refractivity contribution in [2.75, 3.05) is 0 Å². The van der Waals surface area contributed by atoms with Crippen LogP contribution in [-0.4, -0.2) is 34.2 Å². The molecular weight excluding hydrogens is 434 g/mol. The Morgan fingerprint density at radius 2 is 1.81 bits per heavy atom. The molecule has 0 bridgehead atoms. The molecule has 9 nitrogen and oxygen atoms in total. The lowest BCUT2D eigenvalue weighted by Crippen LogP contribution is -2.24. The van der Waals surface area contributed by atoms with Crippen LogP contribution in [-0.2, 0) is 17.2 Å². The van der Waals surface area contributed by atoms with Gasteiger partial charge in [-0.2, -0.15) is 13.5 Å². The topological polar surface area (TPSA) is 121 Å². The number of rotatable bonds is 8. The molecule has 0 aliphatic carbocycles. The van der Waals surface area contributed by atoms with E-state index in [2.05, 4.69) is 5.10 Å². The van der Waals surface area contributed by atoms with E-state index >= 15 is 0 Å². The van der Waals surface area contributed by atoms with E-state index in [0.29, 0.717) is 28.8 Å². The van der Waals surface area contributed by atoms with Gasteiger partial charge in [0.2, 0.25) is 11.7 Å². The monoisotopic (exact) mass is 463 g/mol. The van der Waals surface area contributed by atoms with Gasteiger partial charge in [0.1, 0.15) is 5.56 Å². The molecule has 2 rings (SSSR count). The van der Waals surface area contributed by atoms with Crippen LogP contribution in [0.25, 0.3) is 5.57 Å². The Hall–Kier alpha value is -3.01. The molecule has 1 unspecified atom stereocenters. The Balaban J connectivity index is 2.74. The van der Waals surface area contributed by atoms with Gasteiger partial charge in [-0.1, -0.05) is 12.5 Å². The first-order chi connectivity index (χ1) is 14.7. The van der Waals surface area contributed by atoms with Crippen molar-refractivity contribution in [3.8, 4) is 5.88 Å². The first-order valence-electron chi connectivity index (χ1n) is 10.2. The SMILES string of the molecule is CCC(C)S(=O)(=O)Oc1c(C(=O)c2ccc([N+](=O)[O-])c(C(C)=C(C)C)c2C)c(C)nn1C. The molecule has 0 saturated heterocycles. The van der Waals surface area contributed by atoms with Crippen molar-refractivity contribution in [1.29, 1.82) is 0 Å². The summed E-state index contributed by atoms with van der Waals surface area (Å²) in [6, 6.07) is 2.68. The fourth-order valence-electron chi connectivity index (χ4n) is 3.34. The minimum atomic E-state index is -3.98. The number of ketones is 1. The summed E-state index contributed by atoms with van der Waals surface area (Å²) >= 11 is 0. The molecule has 1 atom stereocenters. The summed E-state index contributed by atoms with van der Waals surface area (Å²) in [6.45, 7) is 11.9. The lowest BCUT2D eigenvalue weighted by molar-refractivity contribution is -0.385. The molecule has 0 N–H and O–H groups in total. The van der Waals surface area contributed by atoms with Gasteiger partial charge in [-0.3, -0.25) is 14.9 Å². The number of aromatic nitrogens is 2. The molecule has 0 aliphatic heterocycles. The predicted molar refractivity (Wildman–Crippen MR) is 122 cm³/mol. The minimum absolute atomic E-state index is 0.0112. The Labute approximate surface area is 188 Å². The summed E-state index contributed by atoms with van der Waals surface area (Å²) in [5, 5.41) is 15.0. The maximum Gasteiger partial charge on any atom is 0.313 e. The van der Waals surface area contributed by atoms with Gasteiger partial charge in [-0.05, 0) is 65.2 Å². The van der Waals surface area contributed by atoms with Crippen molar-refractivity contribution < 1.29 is 22.3 Å². The van der Waals surface area contributed by atoms with Crippen molar-refractivity contribution in [1.82, 2.24) is 9.78 Å². The quantitative estimate of drug-likeness (QED) is 0.244. The largest absolute Gasteiger partial charge is 0.361 e. The number of aryl methyl sites for hydroxylation is 2. The fraction of sp³-hybridized carbons (Fsp3) is 0.455. The molecule has 0 aliphatic rings. The first kappa shape index (κ1) is 25.3. The van der Waals surface area contributed by atoms with Crippen LogP contribution in [0, 0.1) is 24.0 Å². The Morgan fingerprint density at radius 1 is 1.22 bits per heavy atom. The summed E-state index contributed by atoms with van der Waals surface area (Å²) in [4.78, 5) is 24.7. The summed E-state index contributed by atoms with van der Waals surface area (Å²) in [6.07, 6.45) is 0.343. The van der Waals surface area contributed by atoms with Gasteiger partial charge in [0.05, 0.1) is 21.4 Å². The molecule has 10 heteroatoms. The third-order valence-corrected chi connectivity index (χ3v) is 7.38. The van der Waals surface area contributed by atoms with Gasteiger partial charge in [-0.15, -0.1) is 0 Å². The Morgan fingerprint density at radius 3 is 2.31 bits per heavy atom. The van der Waals surface area contributed by atoms with E-state index in [1.165, 1.54) is 30.8 Å². The fourth-order valence-corrected chi connectivity index (χ4v) is 4.33. The molecule has 0 radical (unpaired) electrons. The molecule has 0 saturated carbocycles. The maximum absolute atomic E-state index is 13.6. The molecule has 0 amide bonds. The Bertz CT molecular complexity index is 1220. The number of carbonyl (C=O) groups excluding carboxylic acids is 1. The molecule has 1 aromatic carbocycles. The number of allylic oxidation sites excluding steroid dienone is 2. The highest BCUT2D eigenvalue weighted by atomic mass is 32.2. The van der Waals surface area contributed by atoms with Crippen LogP contribution in [0.3, 0.4) is 0 Å². The van der Waals surface area contributed by atoms with E-state index in [9.17, 15) is 23.3 Å². The molecule has 0 fully saturated rings. The van der Waals surface area contributed by atoms with Crippen molar-refractivity contribution >= 4 is 27.2 Å². The zero-order valence-electron chi connectivity index (χ0n) is 19.6. The zero-order chi connectivity index (χ0) is 24.5. The van der Waals surface area contributed by atoms with Crippen molar-refractivity contribution in [2.45, 2.75) is 60.1 Å². The summed E-state index contributed by atoms with van der Waals surface area (Å²) in [7, 11) is -2.49. The molecule has 0 spiro atoms. The number of hydrogen-bond acceptors (Lipinski definition) is 7. The third-order valence-electron chi connectivity index (χ3n) is 5.67. The summed E-state index contributed by atoms with van der Waals surface area (Å²) in [5.41, 5.74) is 2.80. The molecule has 1 aromatic heterocycles. The number of hydrogen-bond donors (Lipinski definition) is 0. The summed E-state index contributed by atoms with van der Waals surface area (Å²) < 4.78 is 31.7. The van der Waals surface area contributed by atoms with Gasteiger partial charge in [-0.25, -0.2) is 4.68 Å². The predicted octanol–water partition coefficient (Wildman–Crippen LogP) is 4.50. The van der Waals surface area contributed by atoms with Gasteiger partial charge in [0, 0.05) is 18.7 Å². The zero-order valence-corrected chi connectivity index (χ0v) is 20.5. The molecule has 32 heavy (non-hydrogen) atoms.